The number of rotatable bonds is 4. The van der Waals surface area contributed by atoms with Gasteiger partial charge in [0.05, 0.1) is 11.7 Å². The first kappa shape index (κ1) is 13.3. The minimum atomic E-state index is 0.314. The van der Waals surface area contributed by atoms with Crippen LogP contribution in [0.5, 0.6) is 0 Å². The molecule has 2 rings (SSSR count). The number of pyridine rings is 1. The number of allylic oxidation sites excluding steroid dienone is 1. The van der Waals surface area contributed by atoms with Crippen molar-refractivity contribution in [2.24, 2.45) is 0 Å². The van der Waals surface area contributed by atoms with Gasteiger partial charge >= 0.3 is 0 Å². The lowest BCUT2D eigenvalue weighted by atomic mass is 9.96. The van der Waals surface area contributed by atoms with E-state index >= 15 is 0 Å². The van der Waals surface area contributed by atoms with Gasteiger partial charge in [0.25, 0.3) is 0 Å². The summed E-state index contributed by atoms with van der Waals surface area (Å²) in [5.41, 5.74) is 4.03. The van der Waals surface area contributed by atoms with Crippen molar-refractivity contribution < 1.29 is 0 Å². The molecule has 2 nitrogen and oxygen atoms in total. The fourth-order valence-corrected chi connectivity index (χ4v) is 2.71. The molecule has 18 heavy (non-hydrogen) atoms. The quantitative estimate of drug-likeness (QED) is 0.812. The molecule has 2 heteroatoms. The van der Waals surface area contributed by atoms with Gasteiger partial charge in [0.15, 0.2) is 0 Å². The van der Waals surface area contributed by atoms with Crippen LogP contribution in [0.3, 0.4) is 0 Å². The molecule has 0 aliphatic heterocycles. The van der Waals surface area contributed by atoms with E-state index < -0.39 is 0 Å². The number of hydrogen-bond donors (Lipinski definition) is 1. The Labute approximate surface area is 111 Å². The molecule has 1 aromatic heterocycles. The molecule has 0 aromatic carbocycles. The third kappa shape index (κ3) is 3.20. The van der Waals surface area contributed by atoms with Crippen LogP contribution >= 0.6 is 0 Å². The molecule has 0 bridgehead atoms. The van der Waals surface area contributed by atoms with Crippen molar-refractivity contribution in [2.75, 3.05) is 6.54 Å². The van der Waals surface area contributed by atoms with Crippen molar-refractivity contribution in [3.63, 3.8) is 0 Å². The first-order valence-corrected chi connectivity index (χ1v) is 7.16. The molecule has 0 fully saturated rings. The molecule has 98 valence electrons. The van der Waals surface area contributed by atoms with Crippen LogP contribution in [0.1, 0.15) is 56.3 Å². The van der Waals surface area contributed by atoms with Gasteiger partial charge in [-0.15, -0.1) is 0 Å². The number of aryl methyl sites for hydroxylation is 1. The number of likely N-dealkylation sites (N-methyl/N-ethyl adjacent to an activating group) is 1. The summed E-state index contributed by atoms with van der Waals surface area (Å²) in [5.74, 6) is 0. The Bertz CT molecular complexity index is 409. The summed E-state index contributed by atoms with van der Waals surface area (Å²) in [6, 6.07) is 4.49. The van der Waals surface area contributed by atoms with Gasteiger partial charge in [-0.1, -0.05) is 31.1 Å². The highest BCUT2D eigenvalue weighted by Gasteiger charge is 2.19. The number of nitrogens with zero attached hydrogens (tertiary/aromatic N) is 1. The van der Waals surface area contributed by atoms with Crippen LogP contribution in [0, 0.1) is 6.92 Å². The lowest BCUT2D eigenvalue weighted by molar-refractivity contribution is 0.574. The maximum Gasteiger partial charge on any atom is 0.0713 e. The van der Waals surface area contributed by atoms with E-state index in [-0.39, 0.29) is 0 Å². The molecule has 0 saturated carbocycles. The largest absolute Gasteiger partial charge is 0.306 e. The first-order valence-electron chi connectivity index (χ1n) is 7.16. The number of nitrogens with one attached hydrogen (secondary N) is 1. The van der Waals surface area contributed by atoms with Crippen LogP contribution in [0.25, 0.3) is 0 Å². The highest BCUT2D eigenvalue weighted by molar-refractivity contribution is 5.29. The molecule has 1 aliphatic carbocycles. The monoisotopic (exact) mass is 244 g/mol. The normalized spacial score (nSPS) is 18.0. The maximum absolute atomic E-state index is 4.60. The molecule has 0 spiro atoms. The van der Waals surface area contributed by atoms with E-state index in [2.05, 4.69) is 36.3 Å². The average Bonchev–Trinajstić information content (AvgIpc) is 2.66. The predicted octanol–water partition coefficient (Wildman–Crippen LogP) is 3.93. The fraction of sp³-hybridized carbons (Fsp3) is 0.562. The molecule has 0 saturated heterocycles. The van der Waals surface area contributed by atoms with Gasteiger partial charge in [-0.2, -0.15) is 0 Å². The Morgan fingerprint density at radius 3 is 3.00 bits per heavy atom. The van der Waals surface area contributed by atoms with Crippen LogP contribution in [0.2, 0.25) is 0 Å². The van der Waals surface area contributed by atoms with Crippen molar-refractivity contribution in [3.05, 3.63) is 41.2 Å². The molecule has 1 unspecified atom stereocenters. The summed E-state index contributed by atoms with van der Waals surface area (Å²) in [7, 11) is 0. The van der Waals surface area contributed by atoms with E-state index in [4.69, 9.17) is 0 Å². The lowest BCUT2D eigenvalue weighted by Gasteiger charge is -2.22. The van der Waals surface area contributed by atoms with Gasteiger partial charge in [-0.25, -0.2) is 0 Å². The van der Waals surface area contributed by atoms with Crippen LogP contribution in [-0.2, 0) is 0 Å². The zero-order valence-corrected chi connectivity index (χ0v) is 11.6. The molecular formula is C16H24N2. The molecular weight excluding hydrogens is 220 g/mol. The zero-order chi connectivity index (χ0) is 12.8. The SMILES string of the molecule is CCNC(C1=CCCCCC1)c1ncccc1C. The van der Waals surface area contributed by atoms with Gasteiger partial charge in [0.1, 0.15) is 0 Å². The highest BCUT2D eigenvalue weighted by Crippen LogP contribution is 2.29. The molecule has 0 amide bonds. The van der Waals surface area contributed by atoms with Crippen molar-refractivity contribution in [2.45, 2.75) is 52.0 Å². The van der Waals surface area contributed by atoms with E-state index in [0.29, 0.717) is 6.04 Å². The van der Waals surface area contributed by atoms with Crippen LogP contribution in [0.15, 0.2) is 30.0 Å². The standard InChI is InChI=1S/C16H24N2/c1-3-17-16(14-10-6-4-5-7-11-14)15-13(2)9-8-12-18-15/h8-10,12,16-17H,3-7,11H2,1-2H3. The molecule has 1 aromatic rings. The second-order valence-electron chi connectivity index (χ2n) is 5.07. The first-order chi connectivity index (χ1) is 8.83. The van der Waals surface area contributed by atoms with E-state index in [9.17, 15) is 0 Å². The summed E-state index contributed by atoms with van der Waals surface area (Å²) in [6.07, 6.45) is 10.8. The van der Waals surface area contributed by atoms with E-state index in [0.717, 1.165) is 6.54 Å². The third-order valence-corrected chi connectivity index (χ3v) is 3.68. The molecule has 1 atom stereocenters. The van der Waals surface area contributed by atoms with E-state index in [1.807, 2.05) is 12.3 Å². The Balaban J connectivity index is 2.27. The van der Waals surface area contributed by atoms with Gasteiger partial charge in [-0.3, -0.25) is 4.98 Å². The van der Waals surface area contributed by atoms with Crippen molar-refractivity contribution in [1.82, 2.24) is 10.3 Å². The van der Waals surface area contributed by atoms with Gasteiger partial charge in [-0.05, 0) is 50.8 Å². The second kappa shape index (κ2) is 6.69. The topological polar surface area (TPSA) is 24.9 Å². The summed E-state index contributed by atoms with van der Waals surface area (Å²) < 4.78 is 0. The molecule has 1 heterocycles. The van der Waals surface area contributed by atoms with E-state index in [1.165, 1.54) is 48.9 Å². The maximum atomic E-state index is 4.60. The minimum absolute atomic E-state index is 0.314. The highest BCUT2D eigenvalue weighted by atomic mass is 14.9. The number of aromatic nitrogens is 1. The van der Waals surface area contributed by atoms with E-state index in [1.54, 1.807) is 0 Å². The van der Waals surface area contributed by atoms with Crippen molar-refractivity contribution in [1.29, 1.82) is 0 Å². The smallest absolute Gasteiger partial charge is 0.0713 e. The average molecular weight is 244 g/mol. The predicted molar refractivity (Wildman–Crippen MR) is 76.6 cm³/mol. The second-order valence-corrected chi connectivity index (χ2v) is 5.07. The van der Waals surface area contributed by atoms with Crippen molar-refractivity contribution in [3.8, 4) is 0 Å². The Hall–Kier alpha value is -1.15. The molecule has 1 aliphatic rings. The Kier molecular flexibility index (Phi) is 4.94. The molecule has 0 radical (unpaired) electrons. The summed E-state index contributed by atoms with van der Waals surface area (Å²) in [4.78, 5) is 4.60. The zero-order valence-electron chi connectivity index (χ0n) is 11.6. The van der Waals surface area contributed by atoms with Crippen LogP contribution in [-0.4, -0.2) is 11.5 Å². The van der Waals surface area contributed by atoms with Gasteiger partial charge in [0.2, 0.25) is 0 Å². The van der Waals surface area contributed by atoms with Gasteiger partial charge < -0.3 is 5.32 Å². The Morgan fingerprint density at radius 2 is 2.22 bits per heavy atom. The fourth-order valence-electron chi connectivity index (χ4n) is 2.71. The minimum Gasteiger partial charge on any atom is -0.306 e. The Morgan fingerprint density at radius 1 is 1.33 bits per heavy atom. The third-order valence-electron chi connectivity index (χ3n) is 3.68. The van der Waals surface area contributed by atoms with Gasteiger partial charge in [0, 0.05) is 6.20 Å². The van der Waals surface area contributed by atoms with Crippen LogP contribution in [0.4, 0.5) is 0 Å². The number of hydrogen-bond acceptors (Lipinski definition) is 2. The van der Waals surface area contributed by atoms with Crippen LogP contribution < -0.4 is 5.32 Å². The summed E-state index contributed by atoms with van der Waals surface area (Å²) in [6.45, 7) is 5.31. The summed E-state index contributed by atoms with van der Waals surface area (Å²) >= 11 is 0. The van der Waals surface area contributed by atoms with Crippen molar-refractivity contribution >= 4 is 0 Å². The lowest BCUT2D eigenvalue weighted by Crippen LogP contribution is -2.24. The molecule has 1 N–H and O–H groups in total. The summed E-state index contributed by atoms with van der Waals surface area (Å²) in [5, 5.41) is 3.61.